The Kier molecular flexibility index (Phi) is 12.0. The predicted molar refractivity (Wildman–Crippen MR) is 120 cm³/mol. The van der Waals surface area contributed by atoms with E-state index in [9.17, 15) is 28.0 Å². The number of rotatable bonds is 11. The van der Waals surface area contributed by atoms with Crippen LogP contribution in [0.2, 0.25) is 0 Å². The van der Waals surface area contributed by atoms with Gasteiger partial charge in [-0.3, -0.25) is 19.2 Å². The number of hydrogen-bond acceptors (Lipinski definition) is 4. The Morgan fingerprint density at radius 2 is 1.85 bits per heavy atom. The van der Waals surface area contributed by atoms with Gasteiger partial charge in [0.15, 0.2) is 0 Å². The van der Waals surface area contributed by atoms with Gasteiger partial charge >= 0.3 is 0 Å². The number of carbonyl (C=O) groups excluding carboxylic acids is 4. The Morgan fingerprint density at radius 1 is 1.21 bits per heavy atom. The van der Waals surface area contributed by atoms with E-state index in [4.69, 9.17) is 5.73 Å². The number of hydrogen-bond donors (Lipinski definition) is 4. The third-order valence-electron chi connectivity index (χ3n) is 5.09. The van der Waals surface area contributed by atoms with E-state index >= 15 is 0 Å². The second-order valence-corrected chi connectivity index (χ2v) is 8.63. The summed E-state index contributed by atoms with van der Waals surface area (Å²) in [6.07, 6.45) is 2.88. The number of carbonyl (C=O) groups is 4. The Bertz CT molecular complexity index is 799. The van der Waals surface area contributed by atoms with Gasteiger partial charge in [-0.25, -0.2) is 8.78 Å². The second-order valence-electron chi connectivity index (χ2n) is 8.63. The molecule has 1 fully saturated rings. The standard InChI is InChI=1S/C15H21F2NO.C8H13N3O3/c1-10(2)6-11(3)18-15(19)5-4-12-7-13(16)9-14(17)8-12;9-7(13)6(11-4-12)3-5-1-2-10-8(5)14/h7-11H,4-6H2,1-3H3,(H,18,19);4-6H,1-3H2,(H2,9,13)(H,10,14)(H,11,12)/t;5-,6-/m.0/s1. The highest BCUT2D eigenvalue weighted by atomic mass is 19.1. The quantitative estimate of drug-likeness (QED) is 0.367. The molecule has 0 radical (unpaired) electrons. The summed E-state index contributed by atoms with van der Waals surface area (Å²) in [6, 6.07) is 2.72. The molecule has 0 saturated carbocycles. The average Bonchev–Trinajstić information content (AvgIpc) is 3.09. The number of benzene rings is 1. The van der Waals surface area contributed by atoms with E-state index in [-0.39, 0.29) is 36.6 Å². The van der Waals surface area contributed by atoms with Gasteiger partial charge in [0.05, 0.1) is 0 Å². The highest BCUT2D eigenvalue weighted by molar-refractivity contribution is 5.85. The molecule has 1 heterocycles. The molecular formula is C23H34F2N4O4. The molecule has 0 bridgehead atoms. The van der Waals surface area contributed by atoms with Crippen molar-refractivity contribution in [1.82, 2.24) is 16.0 Å². The molecule has 0 aromatic heterocycles. The molecule has 0 spiro atoms. The van der Waals surface area contributed by atoms with Crippen molar-refractivity contribution in [3.05, 3.63) is 35.4 Å². The topological polar surface area (TPSA) is 130 Å². The van der Waals surface area contributed by atoms with E-state index in [0.29, 0.717) is 37.3 Å². The summed E-state index contributed by atoms with van der Waals surface area (Å²) in [5.41, 5.74) is 5.56. The summed E-state index contributed by atoms with van der Waals surface area (Å²) >= 11 is 0. The molecule has 1 unspecified atom stereocenters. The van der Waals surface area contributed by atoms with Crippen LogP contribution in [0.1, 0.15) is 52.0 Å². The van der Waals surface area contributed by atoms with E-state index in [1.54, 1.807) is 0 Å². The average molecular weight is 469 g/mol. The fourth-order valence-corrected chi connectivity index (χ4v) is 3.63. The van der Waals surface area contributed by atoms with Gasteiger partial charge in [0.2, 0.25) is 24.1 Å². The van der Waals surface area contributed by atoms with Crippen LogP contribution in [-0.4, -0.2) is 42.8 Å². The van der Waals surface area contributed by atoms with Crippen LogP contribution in [0.15, 0.2) is 18.2 Å². The third kappa shape index (κ3) is 11.4. The lowest BCUT2D eigenvalue weighted by Gasteiger charge is -2.15. The van der Waals surface area contributed by atoms with Gasteiger partial charge in [0.1, 0.15) is 17.7 Å². The molecule has 4 amide bonds. The summed E-state index contributed by atoms with van der Waals surface area (Å²) in [5.74, 6) is -1.70. The summed E-state index contributed by atoms with van der Waals surface area (Å²) in [4.78, 5) is 43.8. The maximum absolute atomic E-state index is 13.0. The van der Waals surface area contributed by atoms with Crippen LogP contribution in [0, 0.1) is 23.5 Å². The SMILES string of the molecule is CC(C)CC(C)NC(=O)CCc1cc(F)cc(F)c1.NC(=O)[C@H](C[C@@H]1CCNC1=O)NC=O. The number of aryl methyl sites for hydroxylation is 1. The van der Waals surface area contributed by atoms with E-state index in [1.807, 2.05) is 6.92 Å². The van der Waals surface area contributed by atoms with E-state index in [2.05, 4.69) is 29.8 Å². The molecule has 1 aromatic rings. The highest BCUT2D eigenvalue weighted by Crippen LogP contribution is 2.15. The predicted octanol–water partition coefficient (Wildman–Crippen LogP) is 1.56. The van der Waals surface area contributed by atoms with Gasteiger partial charge in [-0.15, -0.1) is 0 Å². The molecule has 3 atom stereocenters. The lowest BCUT2D eigenvalue weighted by atomic mass is 9.98. The lowest BCUT2D eigenvalue weighted by Crippen LogP contribution is -2.42. The van der Waals surface area contributed by atoms with Crippen molar-refractivity contribution in [2.24, 2.45) is 17.6 Å². The van der Waals surface area contributed by atoms with Gasteiger partial charge < -0.3 is 21.7 Å². The van der Waals surface area contributed by atoms with Crippen molar-refractivity contribution in [2.75, 3.05) is 6.54 Å². The van der Waals surface area contributed by atoms with Crippen molar-refractivity contribution < 1.29 is 28.0 Å². The fraction of sp³-hybridized carbons (Fsp3) is 0.565. The first kappa shape index (κ1) is 28.0. The molecule has 8 nitrogen and oxygen atoms in total. The number of halogens is 2. The largest absolute Gasteiger partial charge is 0.368 e. The number of nitrogens with two attached hydrogens (primary N) is 1. The Labute approximate surface area is 193 Å². The van der Waals surface area contributed by atoms with Crippen molar-refractivity contribution in [1.29, 1.82) is 0 Å². The second kappa shape index (κ2) is 14.2. The summed E-state index contributed by atoms with van der Waals surface area (Å²) in [6.45, 7) is 6.77. The highest BCUT2D eigenvalue weighted by Gasteiger charge is 2.29. The van der Waals surface area contributed by atoms with Crippen LogP contribution in [-0.2, 0) is 25.6 Å². The van der Waals surface area contributed by atoms with Crippen molar-refractivity contribution in [3.8, 4) is 0 Å². The number of nitrogens with one attached hydrogen (secondary N) is 3. The first-order valence-corrected chi connectivity index (χ1v) is 11.0. The summed E-state index contributed by atoms with van der Waals surface area (Å²) in [5, 5.41) is 7.83. The fourth-order valence-electron chi connectivity index (χ4n) is 3.63. The molecule has 1 aliphatic rings. The van der Waals surface area contributed by atoms with Crippen molar-refractivity contribution in [3.63, 3.8) is 0 Å². The van der Waals surface area contributed by atoms with Crippen molar-refractivity contribution in [2.45, 2.75) is 65.0 Å². The molecule has 1 aromatic carbocycles. The first-order chi connectivity index (χ1) is 15.5. The van der Waals surface area contributed by atoms with Crippen molar-refractivity contribution >= 4 is 24.1 Å². The van der Waals surface area contributed by atoms with Gasteiger partial charge in [-0.1, -0.05) is 13.8 Å². The lowest BCUT2D eigenvalue weighted by molar-refractivity contribution is -0.125. The molecule has 5 N–H and O–H groups in total. The monoisotopic (exact) mass is 468 g/mol. The van der Waals surface area contributed by atoms with Crippen LogP contribution in [0.25, 0.3) is 0 Å². The van der Waals surface area contributed by atoms with E-state index in [0.717, 1.165) is 12.5 Å². The van der Waals surface area contributed by atoms with E-state index in [1.165, 1.54) is 12.1 Å². The van der Waals surface area contributed by atoms with Gasteiger partial charge in [0, 0.05) is 31.0 Å². The minimum Gasteiger partial charge on any atom is -0.368 e. The Morgan fingerprint density at radius 3 is 2.33 bits per heavy atom. The molecule has 1 aliphatic heterocycles. The molecule has 2 rings (SSSR count). The molecule has 10 heteroatoms. The maximum Gasteiger partial charge on any atom is 0.240 e. The third-order valence-corrected chi connectivity index (χ3v) is 5.09. The zero-order valence-electron chi connectivity index (χ0n) is 19.3. The Balaban J connectivity index is 0.000000346. The maximum atomic E-state index is 13.0. The van der Waals surface area contributed by atoms with Crippen LogP contribution >= 0.6 is 0 Å². The molecule has 1 saturated heterocycles. The van der Waals surface area contributed by atoms with E-state index < -0.39 is 23.6 Å². The first-order valence-electron chi connectivity index (χ1n) is 11.0. The molecule has 184 valence electrons. The number of primary amides is 1. The smallest absolute Gasteiger partial charge is 0.240 e. The normalized spacial score (nSPS) is 16.8. The van der Waals surface area contributed by atoms with Gasteiger partial charge in [-0.2, -0.15) is 0 Å². The van der Waals surface area contributed by atoms with Crippen LogP contribution in [0.3, 0.4) is 0 Å². The molecule has 0 aliphatic carbocycles. The van der Waals surface area contributed by atoms with Gasteiger partial charge in [-0.05, 0) is 56.2 Å². The summed E-state index contributed by atoms with van der Waals surface area (Å²) in [7, 11) is 0. The molecule has 33 heavy (non-hydrogen) atoms. The molecular weight excluding hydrogens is 434 g/mol. The van der Waals surface area contributed by atoms with Gasteiger partial charge in [0.25, 0.3) is 0 Å². The minimum atomic E-state index is -0.749. The summed E-state index contributed by atoms with van der Waals surface area (Å²) < 4.78 is 25.9. The minimum absolute atomic E-state index is 0.0797. The number of amides is 4. The van der Waals surface area contributed by atoms with Crippen LogP contribution in [0.5, 0.6) is 0 Å². The zero-order valence-corrected chi connectivity index (χ0v) is 19.3. The zero-order chi connectivity index (χ0) is 25.0. The van der Waals surface area contributed by atoms with Crippen LogP contribution in [0.4, 0.5) is 8.78 Å². The van der Waals surface area contributed by atoms with Crippen LogP contribution < -0.4 is 21.7 Å². The Hall–Kier alpha value is -3.04.